The minimum Gasteiger partial charge on any atom is -0.493 e. The highest BCUT2D eigenvalue weighted by Gasteiger charge is 2.33. The molecule has 1 aromatic heterocycles. The summed E-state index contributed by atoms with van der Waals surface area (Å²) in [6.45, 7) is 7.79. The fourth-order valence-corrected chi connectivity index (χ4v) is 4.13. The number of fused-ring (bicyclic) bond motifs is 1. The number of hydrogen-bond acceptors (Lipinski definition) is 5. The van der Waals surface area contributed by atoms with E-state index in [0.717, 1.165) is 29.7 Å². The Morgan fingerprint density at radius 2 is 2.10 bits per heavy atom. The van der Waals surface area contributed by atoms with Gasteiger partial charge in [0.05, 0.1) is 16.7 Å². The van der Waals surface area contributed by atoms with Crippen LogP contribution in [-0.2, 0) is 16.0 Å². The van der Waals surface area contributed by atoms with Crippen LogP contribution in [0.2, 0.25) is 0 Å². The van der Waals surface area contributed by atoms with Gasteiger partial charge in [-0.15, -0.1) is 0 Å². The maximum atomic E-state index is 12.2. The number of carboxylic acid groups (broad SMARTS) is 1. The highest BCUT2D eigenvalue weighted by atomic mass is 79.9. The minimum atomic E-state index is -1.23. The van der Waals surface area contributed by atoms with E-state index in [9.17, 15) is 14.7 Å². The number of pyridine rings is 1. The second kappa shape index (κ2) is 8.24. The number of hydrogen-bond donors (Lipinski definition) is 1. The van der Waals surface area contributed by atoms with Gasteiger partial charge in [0.1, 0.15) is 11.4 Å². The van der Waals surface area contributed by atoms with Crippen LogP contribution >= 0.6 is 15.9 Å². The predicted octanol–water partition coefficient (Wildman–Crippen LogP) is 4.90. The maximum Gasteiger partial charge on any atom is 0.337 e. The molecule has 29 heavy (non-hydrogen) atoms. The van der Waals surface area contributed by atoms with Gasteiger partial charge in [0, 0.05) is 16.8 Å². The van der Waals surface area contributed by atoms with Crippen LogP contribution in [0.25, 0.3) is 11.1 Å². The van der Waals surface area contributed by atoms with Crippen molar-refractivity contribution < 1.29 is 24.2 Å². The van der Waals surface area contributed by atoms with Crippen molar-refractivity contribution >= 4 is 28.2 Å². The van der Waals surface area contributed by atoms with Gasteiger partial charge < -0.3 is 14.6 Å². The third-order valence-corrected chi connectivity index (χ3v) is 5.46. The third kappa shape index (κ3) is 4.51. The number of carbonyl (C=O) groups is 2. The van der Waals surface area contributed by atoms with E-state index in [2.05, 4.69) is 20.9 Å². The molecule has 0 fully saturated rings. The monoisotopic (exact) mass is 461 g/mol. The number of carboxylic acids is 1. The molecule has 0 aliphatic carbocycles. The van der Waals surface area contributed by atoms with E-state index in [1.165, 1.54) is 0 Å². The lowest BCUT2D eigenvalue weighted by Crippen LogP contribution is -2.28. The van der Waals surface area contributed by atoms with E-state index in [4.69, 9.17) is 9.47 Å². The summed E-state index contributed by atoms with van der Waals surface area (Å²) in [5, 5.41) is 9.94. The molecule has 1 aliphatic heterocycles. The fraction of sp³-hybridized carbons (Fsp3) is 0.409. The average molecular weight is 462 g/mol. The predicted molar refractivity (Wildman–Crippen MR) is 113 cm³/mol. The maximum absolute atomic E-state index is 12.2. The summed E-state index contributed by atoms with van der Waals surface area (Å²) >= 11 is 3.48. The molecule has 1 aliphatic rings. The van der Waals surface area contributed by atoms with E-state index < -0.39 is 17.7 Å². The molecule has 1 atom stereocenters. The van der Waals surface area contributed by atoms with Crippen molar-refractivity contribution in [3.8, 4) is 16.9 Å². The highest BCUT2D eigenvalue weighted by molar-refractivity contribution is 9.10. The smallest absolute Gasteiger partial charge is 0.337 e. The van der Waals surface area contributed by atoms with Crippen LogP contribution in [0.4, 0.5) is 0 Å². The van der Waals surface area contributed by atoms with Crippen molar-refractivity contribution in [2.75, 3.05) is 6.61 Å². The van der Waals surface area contributed by atoms with Gasteiger partial charge in [0.2, 0.25) is 0 Å². The summed E-state index contributed by atoms with van der Waals surface area (Å²) in [5.41, 5.74) is 2.84. The van der Waals surface area contributed by atoms with Gasteiger partial charge in [0.25, 0.3) is 0 Å². The second-order valence-corrected chi connectivity index (χ2v) is 8.82. The Labute approximate surface area is 178 Å². The van der Waals surface area contributed by atoms with Crippen LogP contribution in [0.3, 0.4) is 0 Å². The molecule has 1 unspecified atom stereocenters. The molecule has 154 valence electrons. The Hall–Kier alpha value is -2.25. The summed E-state index contributed by atoms with van der Waals surface area (Å²) in [6, 6.07) is 5.75. The second-order valence-electron chi connectivity index (χ2n) is 8.03. The van der Waals surface area contributed by atoms with Gasteiger partial charge >= 0.3 is 5.97 Å². The molecule has 3 rings (SSSR count). The molecule has 0 saturated carbocycles. The molecule has 2 aromatic rings. The van der Waals surface area contributed by atoms with Gasteiger partial charge in [0.15, 0.2) is 12.4 Å². The number of aldehydes is 1. The lowest BCUT2D eigenvalue weighted by Gasteiger charge is -2.28. The molecule has 1 N–H and O–H groups in total. The van der Waals surface area contributed by atoms with E-state index in [-0.39, 0.29) is 5.69 Å². The number of ether oxygens (including phenoxy) is 2. The van der Waals surface area contributed by atoms with Crippen LogP contribution in [0, 0.1) is 6.92 Å². The van der Waals surface area contributed by atoms with Gasteiger partial charge in [-0.3, -0.25) is 4.79 Å². The number of nitrogens with zero attached hydrogens (tertiary/aromatic N) is 1. The fourth-order valence-electron chi connectivity index (χ4n) is 3.50. The average Bonchev–Trinajstić information content (AvgIpc) is 2.66. The van der Waals surface area contributed by atoms with Crippen LogP contribution in [-0.4, -0.2) is 34.6 Å². The molecule has 0 amide bonds. The quantitative estimate of drug-likeness (QED) is 0.637. The van der Waals surface area contributed by atoms with Gasteiger partial charge in [-0.05, 0) is 79.7 Å². The number of aliphatic carboxylic acids is 1. The van der Waals surface area contributed by atoms with Crippen LogP contribution in [0.1, 0.15) is 60.6 Å². The molecule has 0 saturated heterocycles. The Morgan fingerprint density at radius 1 is 1.38 bits per heavy atom. The van der Waals surface area contributed by atoms with E-state index in [1.807, 2.05) is 18.2 Å². The SMILES string of the molecule is Cc1nc(C=O)c(Br)c(-c2ccc3c(c2)CCCO3)c1C(OC(C)(C)C)C(=O)O. The standard InChI is InChI=1S/C22H24BrNO5/c1-12-17(20(21(26)27)29-22(2,3)4)18(19(23)15(11-25)24-12)14-7-8-16-13(10-14)6-5-9-28-16/h7-8,10-11,20H,5-6,9H2,1-4H3,(H,26,27). The summed E-state index contributed by atoms with van der Waals surface area (Å²) in [4.78, 5) is 28.0. The lowest BCUT2D eigenvalue weighted by molar-refractivity contribution is -0.160. The van der Waals surface area contributed by atoms with Gasteiger partial charge in [-0.2, -0.15) is 0 Å². The number of halogens is 1. The number of benzene rings is 1. The molecule has 0 bridgehead atoms. The number of aryl methyl sites for hydroxylation is 2. The van der Waals surface area contributed by atoms with Crippen molar-refractivity contribution in [2.24, 2.45) is 0 Å². The molecule has 7 heteroatoms. The van der Waals surface area contributed by atoms with Crippen molar-refractivity contribution in [1.29, 1.82) is 0 Å². The van der Waals surface area contributed by atoms with Crippen LogP contribution in [0.5, 0.6) is 5.75 Å². The number of carbonyl (C=O) groups excluding carboxylic acids is 1. The normalized spacial score (nSPS) is 14.7. The highest BCUT2D eigenvalue weighted by Crippen LogP contribution is 2.42. The molecule has 0 radical (unpaired) electrons. The molecule has 2 heterocycles. The first-order valence-electron chi connectivity index (χ1n) is 9.44. The molecular formula is C22H24BrNO5. The summed E-state index contributed by atoms with van der Waals surface area (Å²) < 4.78 is 12.0. The first-order chi connectivity index (χ1) is 13.6. The Balaban J connectivity index is 2.28. The summed E-state index contributed by atoms with van der Waals surface area (Å²) in [6.07, 6.45) is 1.22. The van der Waals surface area contributed by atoms with Gasteiger partial charge in [-0.25, -0.2) is 9.78 Å². The van der Waals surface area contributed by atoms with Crippen molar-refractivity contribution in [1.82, 2.24) is 4.98 Å². The van der Waals surface area contributed by atoms with Crippen LogP contribution < -0.4 is 4.74 Å². The Kier molecular flexibility index (Phi) is 6.10. The zero-order valence-corrected chi connectivity index (χ0v) is 18.5. The van der Waals surface area contributed by atoms with Gasteiger partial charge in [-0.1, -0.05) is 6.07 Å². The third-order valence-electron chi connectivity index (χ3n) is 4.66. The van der Waals surface area contributed by atoms with E-state index in [0.29, 0.717) is 34.2 Å². The minimum absolute atomic E-state index is 0.218. The van der Waals surface area contributed by atoms with E-state index >= 15 is 0 Å². The van der Waals surface area contributed by atoms with Crippen LogP contribution in [0.15, 0.2) is 22.7 Å². The topological polar surface area (TPSA) is 85.7 Å². The summed E-state index contributed by atoms with van der Waals surface area (Å²) in [5.74, 6) is -0.280. The number of aromatic nitrogens is 1. The zero-order valence-electron chi connectivity index (χ0n) is 16.9. The first kappa shape index (κ1) is 21.5. The zero-order chi connectivity index (χ0) is 21.3. The molecular weight excluding hydrogens is 438 g/mol. The Morgan fingerprint density at radius 3 is 2.72 bits per heavy atom. The van der Waals surface area contributed by atoms with E-state index in [1.54, 1.807) is 27.7 Å². The molecule has 6 nitrogen and oxygen atoms in total. The largest absolute Gasteiger partial charge is 0.493 e. The van der Waals surface area contributed by atoms with Crippen molar-refractivity contribution in [3.05, 3.63) is 45.2 Å². The Bertz CT molecular complexity index is 965. The summed E-state index contributed by atoms with van der Waals surface area (Å²) in [7, 11) is 0. The lowest BCUT2D eigenvalue weighted by atomic mass is 9.92. The number of rotatable bonds is 5. The molecule has 1 aromatic carbocycles. The first-order valence-corrected chi connectivity index (χ1v) is 10.2. The molecule has 0 spiro atoms. The van der Waals surface area contributed by atoms with Crippen molar-refractivity contribution in [3.63, 3.8) is 0 Å². The van der Waals surface area contributed by atoms with Crippen molar-refractivity contribution in [2.45, 2.75) is 52.2 Å².